The fraction of sp³-hybridized carbons (Fsp3) is 0.385. The van der Waals surface area contributed by atoms with Gasteiger partial charge in [-0.2, -0.15) is 0 Å². The van der Waals surface area contributed by atoms with E-state index in [0.717, 1.165) is 32.9 Å². The molecule has 2 nitrogen and oxygen atoms in total. The molecule has 1 aliphatic carbocycles. The smallest absolute Gasteiger partial charge is 0.141 e. The normalized spacial score (nSPS) is 14.8. The zero-order valence-electron chi connectivity index (χ0n) is 9.52. The second-order valence-electron chi connectivity index (χ2n) is 4.43. The highest BCUT2D eigenvalue weighted by Crippen LogP contribution is 2.33. The first kappa shape index (κ1) is 13.0. The van der Waals surface area contributed by atoms with E-state index in [-0.39, 0.29) is 18.1 Å². The third-order valence-electron chi connectivity index (χ3n) is 3.05. The lowest BCUT2D eigenvalue weighted by Crippen LogP contribution is -2.11. The highest BCUT2D eigenvalue weighted by atomic mass is 79.9. The number of benzene rings is 1. The van der Waals surface area contributed by atoms with Crippen LogP contribution in [0.5, 0.6) is 0 Å². The number of hydrogen-bond acceptors (Lipinski definition) is 2. The Hall–Kier alpha value is -0.480. The summed E-state index contributed by atoms with van der Waals surface area (Å²) in [7, 11) is 0. The molecule has 1 N–H and O–H groups in total. The van der Waals surface area contributed by atoms with Crippen molar-refractivity contribution in [3.63, 3.8) is 0 Å². The van der Waals surface area contributed by atoms with Gasteiger partial charge in [0.25, 0.3) is 0 Å². The Bertz CT molecular complexity index is 492. The van der Waals surface area contributed by atoms with E-state index in [0.29, 0.717) is 5.71 Å². The molecule has 17 heavy (non-hydrogen) atoms. The Balaban J connectivity index is 2.19. The number of carbonyl (C=O) groups is 1. The monoisotopic (exact) mass is 357 g/mol. The van der Waals surface area contributed by atoms with Gasteiger partial charge in [0.15, 0.2) is 0 Å². The Morgan fingerprint density at radius 3 is 2.65 bits per heavy atom. The maximum Gasteiger partial charge on any atom is 0.141 e. The van der Waals surface area contributed by atoms with Crippen LogP contribution in [0.4, 0.5) is 0 Å². The summed E-state index contributed by atoms with van der Waals surface area (Å²) < 4.78 is 1.93. The molecular formula is C13H13Br2NO. The SMILES string of the molecule is Cc1c(C(=N)CC(=O)C2CC2)ccc(Br)c1Br. The first-order chi connectivity index (χ1) is 8.00. The summed E-state index contributed by atoms with van der Waals surface area (Å²) in [5, 5.41) is 8.03. The van der Waals surface area contributed by atoms with Crippen molar-refractivity contribution in [3.8, 4) is 0 Å². The van der Waals surface area contributed by atoms with Gasteiger partial charge in [0, 0.05) is 27.0 Å². The molecule has 0 amide bonds. The number of ketones is 1. The van der Waals surface area contributed by atoms with Crippen LogP contribution in [0.2, 0.25) is 0 Å². The van der Waals surface area contributed by atoms with E-state index in [1.807, 2.05) is 19.1 Å². The van der Waals surface area contributed by atoms with Gasteiger partial charge in [-0.05, 0) is 68.8 Å². The van der Waals surface area contributed by atoms with Crippen LogP contribution >= 0.6 is 31.9 Å². The molecule has 0 radical (unpaired) electrons. The van der Waals surface area contributed by atoms with Gasteiger partial charge in [0.2, 0.25) is 0 Å². The molecule has 0 spiro atoms. The third kappa shape index (κ3) is 2.86. The van der Waals surface area contributed by atoms with Crippen LogP contribution in [-0.2, 0) is 4.79 Å². The quantitative estimate of drug-likeness (QED) is 0.802. The van der Waals surface area contributed by atoms with E-state index in [9.17, 15) is 4.79 Å². The predicted molar refractivity (Wildman–Crippen MR) is 75.8 cm³/mol. The molecule has 0 saturated heterocycles. The Labute approximate surface area is 118 Å². The van der Waals surface area contributed by atoms with E-state index >= 15 is 0 Å². The largest absolute Gasteiger partial charge is 0.304 e. The third-order valence-corrected chi connectivity index (χ3v) is 5.26. The topological polar surface area (TPSA) is 40.9 Å². The van der Waals surface area contributed by atoms with Crippen LogP contribution in [0, 0.1) is 18.3 Å². The van der Waals surface area contributed by atoms with Crippen molar-refractivity contribution < 1.29 is 4.79 Å². The molecule has 0 aliphatic heterocycles. The Kier molecular flexibility index (Phi) is 3.83. The lowest BCUT2D eigenvalue weighted by atomic mass is 9.99. The molecule has 1 aromatic rings. The van der Waals surface area contributed by atoms with E-state index in [4.69, 9.17) is 5.41 Å². The van der Waals surface area contributed by atoms with E-state index < -0.39 is 0 Å². The molecule has 0 atom stereocenters. The zero-order chi connectivity index (χ0) is 12.6. The Morgan fingerprint density at radius 1 is 1.41 bits per heavy atom. The number of nitrogens with one attached hydrogen (secondary N) is 1. The van der Waals surface area contributed by atoms with Gasteiger partial charge in [-0.15, -0.1) is 0 Å². The van der Waals surface area contributed by atoms with E-state index in [1.165, 1.54) is 0 Å². The summed E-state index contributed by atoms with van der Waals surface area (Å²) in [6, 6.07) is 3.80. The van der Waals surface area contributed by atoms with Crippen molar-refractivity contribution in [1.82, 2.24) is 0 Å². The van der Waals surface area contributed by atoms with E-state index in [1.54, 1.807) is 0 Å². The van der Waals surface area contributed by atoms with Gasteiger partial charge in [-0.3, -0.25) is 4.79 Å². The van der Waals surface area contributed by atoms with Gasteiger partial charge >= 0.3 is 0 Å². The fourth-order valence-corrected chi connectivity index (χ4v) is 2.57. The molecule has 4 heteroatoms. The molecule has 1 fully saturated rings. The van der Waals surface area contributed by atoms with Crippen LogP contribution < -0.4 is 0 Å². The number of Topliss-reactive ketones (excluding diaryl/α,β-unsaturated/α-hetero) is 1. The van der Waals surface area contributed by atoms with Crippen molar-refractivity contribution in [2.75, 3.05) is 0 Å². The molecular weight excluding hydrogens is 346 g/mol. The summed E-state index contributed by atoms with van der Waals surface area (Å²) in [5.41, 5.74) is 2.29. The molecule has 0 heterocycles. The molecule has 90 valence electrons. The van der Waals surface area contributed by atoms with Gasteiger partial charge in [0.05, 0.1) is 0 Å². The van der Waals surface area contributed by atoms with Gasteiger partial charge in [0.1, 0.15) is 5.78 Å². The number of carbonyl (C=O) groups excluding carboxylic acids is 1. The first-order valence-corrected chi connectivity index (χ1v) is 7.14. The maximum absolute atomic E-state index is 11.7. The maximum atomic E-state index is 11.7. The first-order valence-electron chi connectivity index (χ1n) is 5.56. The van der Waals surface area contributed by atoms with Crippen LogP contribution in [0.3, 0.4) is 0 Å². The minimum Gasteiger partial charge on any atom is -0.304 e. The minimum atomic E-state index is 0.216. The van der Waals surface area contributed by atoms with Crippen molar-refractivity contribution in [2.24, 2.45) is 5.92 Å². The summed E-state index contributed by atoms with van der Waals surface area (Å²) in [4.78, 5) is 11.7. The van der Waals surface area contributed by atoms with Gasteiger partial charge < -0.3 is 5.41 Å². The summed E-state index contributed by atoms with van der Waals surface area (Å²) in [6.07, 6.45) is 2.28. The van der Waals surface area contributed by atoms with Crippen LogP contribution in [0.25, 0.3) is 0 Å². The summed E-state index contributed by atoms with van der Waals surface area (Å²) in [6.45, 7) is 1.96. The van der Waals surface area contributed by atoms with Crippen molar-refractivity contribution in [2.45, 2.75) is 26.2 Å². The van der Waals surface area contributed by atoms with Crippen molar-refractivity contribution >= 4 is 43.4 Å². The second kappa shape index (κ2) is 5.02. The summed E-state index contributed by atoms with van der Waals surface area (Å²) >= 11 is 6.91. The number of rotatable bonds is 4. The highest BCUT2D eigenvalue weighted by molar-refractivity contribution is 9.13. The molecule has 1 saturated carbocycles. The van der Waals surface area contributed by atoms with Crippen molar-refractivity contribution in [1.29, 1.82) is 5.41 Å². The van der Waals surface area contributed by atoms with Gasteiger partial charge in [-0.25, -0.2) is 0 Å². The molecule has 1 aromatic carbocycles. The second-order valence-corrected chi connectivity index (χ2v) is 6.08. The van der Waals surface area contributed by atoms with Crippen LogP contribution in [0.15, 0.2) is 21.1 Å². The van der Waals surface area contributed by atoms with E-state index in [2.05, 4.69) is 31.9 Å². The number of hydrogen-bond donors (Lipinski definition) is 1. The van der Waals surface area contributed by atoms with Gasteiger partial charge in [-0.1, -0.05) is 6.07 Å². The molecule has 2 rings (SSSR count). The molecule has 0 unspecified atom stereocenters. The predicted octanol–water partition coefficient (Wildman–Crippen LogP) is 4.26. The van der Waals surface area contributed by atoms with Crippen LogP contribution in [0.1, 0.15) is 30.4 Å². The molecule has 0 aromatic heterocycles. The lowest BCUT2D eigenvalue weighted by Gasteiger charge is -2.10. The standard InChI is InChI=1S/C13H13Br2NO/c1-7-9(4-5-10(14)13(7)15)11(16)6-12(17)8-2-3-8/h4-5,8,16H,2-3,6H2,1H3. The zero-order valence-corrected chi connectivity index (χ0v) is 12.7. The highest BCUT2D eigenvalue weighted by Gasteiger charge is 2.30. The molecule has 1 aliphatic rings. The Morgan fingerprint density at radius 2 is 2.06 bits per heavy atom. The van der Waals surface area contributed by atoms with Crippen LogP contribution in [-0.4, -0.2) is 11.5 Å². The average molecular weight is 359 g/mol. The summed E-state index contributed by atoms with van der Waals surface area (Å²) in [5.74, 6) is 0.447. The molecule has 0 bridgehead atoms. The number of halogens is 2. The lowest BCUT2D eigenvalue weighted by molar-refractivity contribution is -0.119. The minimum absolute atomic E-state index is 0.216. The average Bonchev–Trinajstić information content (AvgIpc) is 3.09. The van der Waals surface area contributed by atoms with Crippen molar-refractivity contribution in [3.05, 3.63) is 32.2 Å². The fourth-order valence-electron chi connectivity index (χ4n) is 1.80.